The molecule has 168 valence electrons. The molecule has 0 saturated carbocycles. The summed E-state index contributed by atoms with van der Waals surface area (Å²) in [4.78, 5) is 23.6. The highest BCUT2D eigenvalue weighted by Gasteiger charge is 2.21. The zero-order valence-corrected chi connectivity index (χ0v) is 19.9. The Morgan fingerprint density at radius 1 is 1.23 bits per heavy atom. The van der Waals surface area contributed by atoms with Gasteiger partial charge in [0.05, 0.1) is 15.5 Å². The standard InChI is InChI=1S/C21H27BrN2O6Si/c1-23(2)21(25)15-7-6-8-16(11-15)30-20-12-17(22)19(13-18(20)24(26)27)29-14-28-9-10-31(3,4)5/h6-8,11-13H,9-10,14H2,1-5H3/i1D3,2D3. The predicted molar refractivity (Wildman–Crippen MR) is 125 cm³/mol. The number of carbonyl (C=O) groups is 1. The molecule has 1 amide bonds. The molecule has 2 aromatic rings. The first-order valence-corrected chi connectivity index (χ1v) is 13.7. The van der Waals surface area contributed by atoms with E-state index in [9.17, 15) is 14.9 Å². The number of nitro groups is 1. The predicted octanol–water partition coefficient (Wildman–Crippen LogP) is 5.54. The van der Waals surface area contributed by atoms with Crippen molar-refractivity contribution in [1.29, 1.82) is 0 Å². The Kier molecular flexibility index (Phi) is 5.94. The molecule has 0 heterocycles. The van der Waals surface area contributed by atoms with E-state index in [1.807, 2.05) is 0 Å². The van der Waals surface area contributed by atoms with E-state index in [1.54, 1.807) is 0 Å². The van der Waals surface area contributed by atoms with Crippen LogP contribution in [0.5, 0.6) is 17.2 Å². The molecular formula is C21H27BrN2O6Si. The van der Waals surface area contributed by atoms with Gasteiger partial charge >= 0.3 is 5.69 Å². The first kappa shape index (κ1) is 17.2. The summed E-state index contributed by atoms with van der Waals surface area (Å²) in [6, 6.07) is 8.41. The van der Waals surface area contributed by atoms with Gasteiger partial charge in [0.25, 0.3) is 5.91 Å². The molecule has 0 spiro atoms. The Hall–Kier alpha value is -2.43. The summed E-state index contributed by atoms with van der Waals surface area (Å²) in [7, 11) is -1.28. The number of rotatable bonds is 10. The summed E-state index contributed by atoms with van der Waals surface area (Å²) in [6.45, 7) is 0.574. The smallest absolute Gasteiger partial charge is 0.315 e. The molecule has 0 fully saturated rings. The zero-order valence-electron chi connectivity index (χ0n) is 23.3. The second-order valence-electron chi connectivity index (χ2n) is 7.76. The van der Waals surface area contributed by atoms with Crippen LogP contribution in [0.15, 0.2) is 40.9 Å². The first-order chi connectivity index (χ1) is 16.9. The van der Waals surface area contributed by atoms with Crippen LogP contribution in [0.3, 0.4) is 0 Å². The van der Waals surface area contributed by atoms with E-state index in [0.29, 0.717) is 11.1 Å². The van der Waals surface area contributed by atoms with E-state index >= 15 is 0 Å². The summed E-state index contributed by atoms with van der Waals surface area (Å²) < 4.78 is 61.5. The number of hydrogen-bond donors (Lipinski definition) is 0. The number of nitrogens with zero attached hydrogens (tertiary/aromatic N) is 2. The Labute approximate surface area is 199 Å². The minimum atomic E-state index is -3.23. The fourth-order valence-corrected chi connectivity index (χ4v) is 3.54. The molecule has 0 aliphatic heterocycles. The summed E-state index contributed by atoms with van der Waals surface area (Å²) >= 11 is 3.28. The third-order valence-corrected chi connectivity index (χ3v) is 6.34. The molecule has 31 heavy (non-hydrogen) atoms. The lowest BCUT2D eigenvalue weighted by atomic mass is 10.2. The maximum Gasteiger partial charge on any atom is 0.315 e. The molecule has 0 unspecified atom stereocenters. The number of ether oxygens (including phenoxy) is 3. The maximum atomic E-state index is 12.7. The minimum Gasteiger partial charge on any atom is -0.466 e. The molecule has 0 bridgehead atoms. The average molecular weight is 517 g/mol. The average Bonchev–Trinajstić information content (AvgIpc) is 2.72. The second kappa shape index (κ2) is 10.7. The van der Waals surface area contributed by atoms with E-state index < -0.39 is 38.5 Å². The molecule has 0 aliphatic carbocycles. The van der Waals surface area contributed by atoms with E-state index in [-0.39, 0.29) is 34.5 Å². The summed E-state index contributed by atoms with van der Waals surface area (Å²) in [5, 5.41) is 11.7. The molecule has 2 rings (SSSR count). The van der Waals surface area contributed by atoms with Gasteiger partial charge in [0.15, 0.2) is 6.79 Å². The third kappa shape index (κ3) is 7.64. The number of carbonyl (C=O) groups excluding carboxylic acids is 1. The Balaban J connectivity index is 2.27. The van der Waals surface area contributed by atoms with E-state index in [1.165, 1.54) is 24.3 Å². The fourth-order valence-electron chi connectivity index (χ4n) is 2.35. The highest BCUT2D eigenvalue weighted by Crippen LogP contribution is 2.40. The van der Waals surface area contributed by atoms with Crippen molar-refractivity contribution in [1.82, 2.24) is 4.90 Å². The Morgan fingerprint density at radius 2 is 1.97 bits per heavy atom. The van der Waals surface area contributed by atoms with Gasteiger partial charge in [-0.3, -0.25) is 14.9 Å². The molecule has 2 aromatic carbocycles. The quantitative estimate of drug-likeness (QED) is 0.135. The van der Waals surface area contributed by atoms with Gasteiger partial charge in [-0.2, -0.15) is 0 Å². The lowest BCUT2D eigenvalue weighted by Crippen LogP contribution is -2.22. The van der Waals surface area contributed by atoms with Crippen LogP contribution in [0.25, 0.3) is 0 Å². The van der Waals surface area contributed by atoms with Gasteiger partial charge in [-0.05, 0) is 40.2 Å². The van der Waals surface area contributed by atoms with Crippen LogP contribution >= 0.6 is 15.9 Å². The molecule has 0 atom stereocenters. The van der Waals surface area contributed by atoms with Crippen molar-refractivity contribution in [3.8, 4) is 17.2 Å². The largest absolute Gasteiger partial charge is 0.466 e. The van der Waals surface area contributed by atoms with Gasteiger partial charge in [0.2, 0.25) is 5.75 Å². The van der Waals surface area contributed by atoms with Crippen molar-refractivity contribution in [3.05, 3.63) is 56.5 Å². The van der Waals surface area contributed by atoms with Crippen molar-refractivity contribution >= 4 is 35.6 Å². The summed E-state index contributed by atoms with van der Waals surface area (Å²) in [5.74, 6) is -1.38. The van der Waals surface area contributed by atoms with Crippen LogP contribution in [0.2, 0.25) is 25.7 Å². The minimum absolute atomic E-state index is 0.0553. The van der Waals surface area contributed by atoms with Crippen LogP contribution in [-0.4, -0.2) is 51.2 Å². The number of hydrogen-bond acceptors (Lipinski definition) is 6. The maximum absolute atomic E-state index is 12.7. The molecule has 0 N–H and O–H groups in total. The summed E-state index contributed by atoms with van der Waals surface area (Å²) in [5.41, 5.74) is -0.731. The number of benzene rings is 2. The van der Waals surface area contributed by atoms with Crippen molar-refractivity contribution in [2.75, 3.05) is 27.4 Å². The lowest BCUT2D eigenvalue weighted by molar-refractivity contribution is -0.385. The van der Waals surface area contributed by atoms with Gasteiger partial charge in [-0.25, -0.2) is 0 Å². The van der Waals surface area contributed by atoms with Crippen LogP contribution in [0.1, 0.15) is 18.6 Å². The van der Waals surface area contributed by atoms with Gasteiger partial charge in [-0.15, -0.1) is 0 Å². The van der Waals surface area contributed by atoms with E-state index in [4.69, 9.17) is 22.4 Å². The number of nitro benzene ring substituents is 1. The molecule has 0 aromatic heterocycles. The highest BCUT2D eigenvalue weighted by atomic mass is 79.9. The summed E-state index contributed by atoms with van der Waals surface area (Å²) in [6.07, 6.45) is 0. The Bertz CT molecular complexity index is 1130. The molecule has 0 radical (unpaired) electrons. The number of halogens is 1. The normalized spacial score (nSPS) is 14.8. The highest BCUT2D eigenvalue weighted by molar-refractivity contribution is 9.10. The van der Waals surface area contributed by atoms with Gasteiger partial charge < -0.3 is 19.1 Å². The van der Waals surface area contributed by atoms with Crippen LogP contribution in [0.4, 0.5) is 5.69 Å². The van der Waals surface area contributed by atoms with Crippen molar-refractivity contribution in [3.63, 3.8) is 0 Å². The first-order valence-electron chi connectivity index (χ1n) is 12.2. The SMILES string of the molecule is [2H]C([2H])([2H])N(C(=O)c1cccc(Oc2cc(Br)c(OCOCC[Si](C)(C)C)cc2[N+](=O)[O-])c1)C([2H])([2H])[2H]. The van der Waals surface area contributed by atoms with Crippen LogP contribution in [0, 0.1) is 10.1 Å². The molecule has 8 nitrogen and oxygen atoms in total. The van der Waals surface area contributed by atoms with Crippen molar-refractivity contribution in [2.45, 2.75) is 25.7 Å². The van der Waals surface area contributed by atoms with Crippen LogP contribution in [-0.2, 0) is 4.74 Å². The molecule has 0 aliphatic rings. The van der Waals surface area contributed by atoms with Crippen molar-refractivity contribution < 1.29 is 32.2 Å². The Morgan fingerprint density at radius 3 is 2.61 bits per heavy atom. The monoisotopic (exact) mass is 516 g/mol. The second-order valence-corrected chi connectivity index (χ2v) is 14.2. The molecule has 0 saturated heterocycles. The topological polar surface area (TPSA) is 91.1 Å². The van der Waals surface area contributed by atoms with E-state index in [2.05, 4.69) is 35.6 Å². The van der Waals surface area contributed by atoms with Crippen LogP contribution < -0.4 is 9.47 Å². The van der Waals surface area contributed by atoms with Crippen molar-refractivity contribution in [2.24, 2.45) is 0 Å². The van der Waals surface area contributed by atoms with Gasteiger partial charge in [-0.1, -0.05) is 25.7 Å². The van der Waals surface area contributed by atoms with Gasteiger partial charge in [0.1, 0.15) is 11.5 Å². The fraction of sp³-hybridized carbons (Fsp3) is 0.381. The third-order valence-electron chi connectivity index (χ3n) is 4.02. The lowest BCUT2D eigenvalue weighted by Gasteiger charge is -2.16. The molecule has 10 heteroatoms. The zero-order chi connectivity index (χ0) is 28.2. The van der Waals surface area contributed by atoms with E-state index in [0.717, 1.165) is 18.2 Å². The molecular weight excluding hydrogens is 484 g/mol. The van der Waals surface area contributed by atoms with Gasteiger partial charge in [0, 0.05) is 48.5 Å². The number of amides is 1.